The second-order valence-electron chi connectivity index (χ2n) is 4.34. The molecule has 0 spiro atoms. The Labute approximate surface area is 118 Å². The van der Waals surface area contributed by atoms with Crippen LogP contribution in [0.2, 0.25) is 0 Å². The standard InChI is InChI=1S/C13H13F2N3OS/c1-7(16)11-6-20-13(17-11)18-12(19)5-8-2-3-9(14)10(15)4-8/h2-4,6-7H,5,16H2,1H3,(H,17,18,19). The monoisotopic (exact) mass is 297 g/mol. The van der Waals surface area contributed by atoms with Gasteiger partial charge in [-0.05, 0) is 24.6 Å². The van der Waals surface area contributed by atoms with Crippen LogP contribution in [0.5, 0.6) is 0 Å². The number of rotatable bonds is 4. The van der Waals surface area contributed by atoms with E-state index in [9.17, 15) is 13.6 Å². The van der Waals surface area contributed by atoms with Crippen LogP contribution in [0.4, 0.5) is 13.9 Å². The zero-order valence-corrected chi connectivity index (χ0v) is 11.5. The number of hydrogen-bond donors (Lipinski definition) is 2. The van der Waals surface area contributed by atoms with Crippen molar-refractivity contribution in [2.45, 2.75) is 19.4 Å². The van der Waals surface area contributed by atoms with Gasteiger partial charge in [-0.3, -0.25) is 4.79 Å². The Kier molecular flexibility index (Phi) is 4.41. The SMILES string of the molecule is CC(N)c1csc(NC(=O)Cc2ccc(F)c(F)c2)n1. The van der Waals surface area contributed by atoms with Crippen molar-refractivity contribution in [1.29, 1.82) is 0 Å². The van der Waals surface area contributed by atoms with E-state index in [0.717, 1.165) is 12.1 Å². The third-order valence-electron chi connectivity index (χ3n) is 2.58. The van der Waals surface area contributed by atoms with Crippen molar-refractivity contribution in [3.8, 4) is 0 Å². The van der Waals surface area contributed by atoms with Gasteiger partial charge in [0.25, 0.3) is 0 Å². The number of amides is 1. The van der Waals surface area contributed by atoms with E-state index >= 15 is 0 Å². The van der Waals surface area contributed by atoms with Crippen LogP contribution in [-0.2, 0) is 11.2 Å². The van der Waals surface area contributed by atoms with Crippen molar-refractivity contribution in [2.75, 3.05) is 5.32 Å². The minimum absolute atomic E-state index is 0.0513. The third kappa shape index (κ3) is 3.58. The molecule has 1 heterocycles. The highest BCUT2D eigenvalue weighted by Gasteiger charge is 2.11. The van der Waals surface area contributed by atoms with Gasteiger partial charge < -0.3 is 11.1 Å². The van der Waals surface area contributed by atoms with Crippen molar-refractivity contribution in [1.82, 2.24) is 4.98 Å². The first-order valence-electron chi connectivity index (χ1n) is 5.90. The molecule has 7 heteroatoms. The molecule has 0 radical (unpaired) electrons. The number of hydrogen-bond acceptors (Lipinski definition) is 4. The highest BCUT2D eigenvalue weighted by Crippen LogP contribution is 2.19. The average molecular weight is 297 g/mol. The maximum Gasteiger partial charge on any atom is 0.230 e. The predicted molar refractivity (Wildman–Crippen MR) is 73.4 cm³/mol. The molecule has 0 saturated carbocycles. The number of carbonyl (C=O) groups excluding carboxylic acids is 1. The summed E-state index contributed by atoms with van der Waals surface area (Å²) in [7, 11) is 0. The van der Waals surface area contributed by atoms with E-state index in [4.69, 9.17) is 5.73 Å². The van der Waals surface area contributed by atoms with Crippen molar-refractivity contribution in [2.24, 2.45) is 5.73 Å². The minimum atomic E-state index is -0.969. The molecule has 0 aliphatic rings. The van der Waals surface area contributed by atoms with E-state index in [1.54, 1.807) is 12.3 Å². The number of thiazole rings is 1. The number of aromatic nitrogens is 1. The molecule has 2 rings (SSSR count). The predicted octanol–water partition coefficient (Wildman–Crippen LogP) is 2.62. The topological polar surface area (TPSA) is 68.0 Å². The molecule has 0 fully saturated rings. The largest absolute Gasteiger partial charge is 0.323 e. The van der Waals surface area contributed by atoms with Crippen LogP contribution in [0.25, 0.3) is 0 Å². The van der Waals surface area contributed by atoms with Gasteiger partial charge in [-0.25, -0.2) is 13.8 Å². The van der Waals surface area contributed by atoms with Gasteiger partial charge in [-0.2, -0.15) is 0 Å². The summed E-state index contributed by atoms with van der Waals surface area (Å²) in [4.78, 5) is 15.9. The van der Waals surface area contributed by atoms with Crippen molar-refractivity contribution in [3.63, 3.8) is 0 Å². The summed E-state index contributed by atoms with van der Waals surface area (Å²) in [6, 6.07) is 3.16. The summed E-state index contributed by atoms with van der Waals surface area (Å²) >= 11 is 1.27. The molecule has 0 bridgehead atoms. The highest BCUT2D eigenvalue weighted by molar-refractivity contribution is 7.13. The summed E-state index contributed by atoms with van der Waals surface area (Å²) in [5.74, 6) is -2.25. The third-order valence-corrected chi connectivity index (χ3v) is 3.36. The molecule has 0 aliphatic carbocycles. The van der Waals surface area contributed by atoms with Crippen LogP contribution in [0.1, 0.15) is 24.2 Å². The lowest BCUT2D eigenvalue weighted by Gasteiger charge is -2.03. The van der Waals surface area contributed by atoms with E-state index < -0.39 is 11.6 Å². The Hall–Kier alpha value is -1.86. The molecule has 106 valence electrons. The Morgan fingerprint density at radius 1 is 1.45 bits per heavy atom. The van der Waals surface area contributed by atoms with E-state index in [1.807, 2.05) is 0 Å². The van der Waals surface area contributed by atoms with Gasteiger partial charge in [0.05, 0.1) is 12.1 Å². The number of nitrogens with zero attached hydrogens (tertiary/aromatic N) is 1. The fourth-order valence-electron chi connectivity index (χ4n) is 1.55. The summed E-state index contributed by atoms with van der Waals surface area (Å²) < 4.78 is 25.8. The van der Waals surface area contributed by atoms with Crippen LogP contribution >= 0.6 is 11.3 Å². The van der Waals surface area contributed by atoms with Gasteiger partial charge >= 0.3 is 0 Å². The molecule has 1 unspecified atom stereocenters. The lowest BCUT2D eigenvalue weighted by molar-refractivity contribution is -0.115. The van der Waals surface area contributed by atoms with E-state index in [2.05, 4.69) is 10.3 Å². The van der Waals surface area contributed by atoms with Gasteiger partial charge in [0.15, 0.2) is 16.8 Å². The number of nitrogens with one attached hydrogen (secondary N) is 1. The molecule has 4 nitrogen and oxygen atoms in total. The first kappa shape index (κ1) is 14.5. The average Bonchev–Trinajstić information content (AvgIpc) is 2.82. The Morgan fingerprint density at radius 3 is 2.80 bits per heavy atom. The fraction of sp³-hybridized carbons (Fsp3) is 0.231. The van der Waals surface area contributed by atoms with Gasteiger partial charge in [0.1, 0.15) is 0 Å². The molecule has 0 saturated heterocycles. The molecule has 0 aliphatic heterocycles. The minimum Gasteiger partial charge on any atom is -0.323 e. The summed E-state index contributed by atoms with van der Waals surface area (Å²) in [6.45, 7) is 1.79. The molecule has 1 amide bonds. The Balaban J connectivity index is 1.99. The van der Waals surface area contributed by atoms with Crippen LogP contribution < -0.4 is 11.1 Å². The van der Waals surface area contributed by atoms with Crippen molar-refractivity contribution in [3.05, 3.63) is 46.5 Å². The smallest absolute Gasteiger partial charge is 0.230 e. The second kappa shape index (κ2) is 6.06. The molecule has 1 aromatic heterocycles. The lowest BCUT2D eigenvalue weighted by Crippen LogP contribution is -2.15. The van der Waals surface area contributed by atoms with Gasteiger partial charge in [0.2, 0.25) is 5.91 Å². The zero-order chi connectivity index (χ0) is 14.7. The van der Waals surface area contributed by atoms with Gasteiger partial charge in [0, 0.05) is 11.4 Å². The van der Waals surface area contributed by atoms with Crippen LogP contribution in [0.15, 0.2) is 23.6 Å². The van der Waals surface area contributed by atoms with Crippen molar-refractivity contribution >= 4 is 22.4 Å². The first-order valence-corrected chi connectivity index (χ1v) is 6.78. The fourth-order valence-corrected chi connectivity index (χ4v) is 2.38. The first-order chi connectivity index (χ1) is 9.45. The van der Waals surface area contributed by atoms with Gasteiger partial charge in [-0.15, -0.1) is 11.3 Å². The number of halogens is 2. The quantitative estimate of drug-likeness (QED) is 0.911. The Morgan fingerprint density at radius 2 is 2.20 bits per heavy atom. The summed E-state index contributed by atoms with van der Waals surface area (Å²) in [5, 5.41) is 4.79. The van der Waals surface area contributed by atoms with Crippen LogP contribution in [0.3, 0.4) is 0 Å². The molecule has 2 aromatic rings. The van der Waals surface area contributed by atoms with Crippen LogP contribution in [-0.4, -0.2) is 10.9 Å². The molecule has 20 heavy (non-hydrogen) atoms. The lowest BCUT2D eigenvalue weighted by atomic mass is 10.1. The molecule has 3 N–H and O–H groups in total. The molecular formula is C13H13F2N3OS. The number of carbonyl (C=O) groups is 1. The molecule has 1 atom stereocenters. The van der Waals surface area contributed by atoms with E-state index in [1.165, 1.54) is 17.4 Å². The maximum atomic E-state index is 13.0. The summed E-state index contributed by atoms with van der Waals surface area (Å²) in [6.07, 6.45) is -0.0513. The van der Waals surface area contributed by atoms with Gasteiger partial charge in [-0.1, -0.05) is 6.07 Å². The zero-order valence-electron chi connectivity index (χ0n) is 10.7. The van der Waals surface area contributed by atoms with E-state index in [-0.39, 0.29) is 18.4 Å². The molecule has 1 aromatic carbocycles. The number of anilines is 1. The van der Waals surface area contributed by atoms with E-state index in [0.29, 0.717) is 16.4 Å². The normalized spacial score (nSPS) is 12.2. The number of nitrogens with two attached hydrogens (primary N) is 1. The maximum absolute atomic E-state index is 13.0. The Bertz CT molecular complexity index is 628. The molecular weight excluding hydrogens is 284 g/mol. The van der Waals surface area contributed by atoms with Crippen LogP contribution in [0, 0.1) is 11.6 Å². The number of benzene rings is 1. The second-order valence-corrected chi connectivity index (χ2v) is 5.20. The summed E-state index contributed by atoms with van der Waals surface area (Å²) in [5.41, 5.74) is 6.75. The highest BCUT2D eigenvalue weighted by atomic mass is 32.1. The van der Waals surface area contributed by atoms with Crippen molar-refractivity contribution < 1.29 is 13.6 Å².